The number of nitrogens with one attached hydrogen (secondary N) is 1. The first-order chi connectivity index (χ1) is 12.3. The number of benzene rings is 1. The van der Waals surface area contributed by atoms with Crippen molar-refractivity contribution in [2.75, 3.05) is 5.32 Å². The van der Waals surface area contributed by atoms with E-state index in [-0.39, 0.29) is 5.75 Å². The van der Waals surface area contributed by atoms with Gasteiger partial charge in [-0.05, 0) is 60.8 Å². The van der Waals surface area contributed by atoms with Crippen LogP contribution in [0.5, 0.6) is 5.75 Å². The number of thiophene rings is 1. The number of phenols is 1. The molecule has 1 aliphatic rings. The monoisotopic (exact) mass is 367 g/mol. The van der Waals surface area contributed by atoms with E-state index in [0.717, 1.165) is 34.4 Å². The molecule has 2 aromatic heterocycles. The second-order valence-corrected chi connectivity index (χ2v) is 9.44. The summed E-state index contributed by atoms with van der Waals surface area (Å²) >= 11 is 1.80. The highest BCUT2D eigenvalue weighted by molar-refractivity contribution is 7.19. The number of fused-ring (bicyclic) bond motifs is 3. The molecule has 0 bridgehead atoms. The summed E-state index contributed by atoms with van der Waals surface area (Å²) in [6.45, 7) is 9.02. The van der Waals surface area contributed by atoms with Crippen molar-refractivity contribution in [2.45, 2.75) is 47.0 Å². The van der Waals surface area contributed by atoms with Crippen LogP contribution in [0.25, 0.3) is 10.2 Å². The fourth-order valence-electron chi connectivity index (χ4n) is 3.82. The fraction of sp³-hybridized carbons (Fsp3) is 0.429. The first-order valence-corrected chi connectivity index (χ1v) is 9.96. The molecule has 0 saturated carbocycles. The van der Waals surface area contributed by atoms with E-state index in [4.69, 9.17) is 0 Å². The number of anilines is 2. The maximum absolute atomic E-state index is 10.2. The van der Waals surface area contributed by atoms with Gasteiger partial charge in [0.25, 0.3) is 0 Å². The zero-order valence-electron chi connectivity index (χ0n) is 15.8. The van der Waals surface area contributed by atoms with E-state index in [0.29, 0.717) is 17.0 Å². The van der Waals surface area contributed by atoms with Gasteiger partial charge >= 0.3 is 0 Å². The Labute approximate surface area is 158 Å². The standard InChI is InChI=1S/C21H25N3OS/c1-12-5-8-16(25)15(9-12)24-19-18-14-7-6-13(21(2,3)4)10-17(14)26-20(18)23-11-22-19/h5,8-9,11,13,25H,6-7,10H2,1-4H3,(H,22,23,24). The van der Waals surface area contributed by atoms with Crippen LogP contribution in [0.2, 0.25) is 0 Å². The third-order valence-electron chi connectivity index (χ3n) is 5.48. The second kappa shape index (κ2) is 6.23. The molecule has 2 heterocycles. The van der Waals surface area contributed by atoms with Crippen LogP contribution in [0.3, 0.4) is 0 Å². The highest BCUT2D eigenvalue weighted by atomic mass is 32.1. The SMILES string of the molecule is Cc1ccc(O)c(Nc2ncnc3sc4c(c23)CCC(C(C)(C)C)C4)c1. The minimum atomic E-state index is 0.235. The molecule has 4 nitrogen and oxygen atoms in total. The third-order valence-corrected chi connectivity index (χ3v) is 6.64. The Morgan fingerprint density at radius 2 is 2.04 bits per heavy atom. The molecule has 0 aliphatic heterocycles. The summed E-state index contributed by atoms with van der Waals surface area (Å²) in [5, 5.41) is 14.6. The average Bonchev–Trinajstić information content (AvgIpc) is 2.96. The van der Waals surface area contributed by atoms with Gasteiger partial charge in [-0.15, -0.1) is 11.3 Å². The van der Waals surface area contributed by atoms with Crippen LogP contribution in [-0.4, -0.2) is 15.1 Å². The molecule has 1 aliphatic carbocycles. The van der Waals surface area contributed by atoms with Gasteiger partial charge in [-0.2, -0.15) is 0 Å². The zero-order chi connectivity index (χ0) is 18.5. The summed E-state index contributed by atoms with van der Waals surface area (Å²) in [7, 11) is 0. The lowest BCUT2D eigenvalue weighted by atomic mass is 9.72. The van der Waals surface area contributed by atoms with Crippen LogP contribution in [0, 0.1) is 18.3 Å². The Kier molecular flexibility index (Phi) is 4.14. The lowest BCUT2D eigenvalue weighted by molar-refractivity contribution is 0.218. The van der Waals surface area contributed by atoms with Gasteiger partial charge in [0.05, 0.1) is 11.1 Å². The molecule has 136 valence electrons. The van der Waals surface area contributed by atoms with E-state index in [9.17, 15) is 5.11 Å². The smallest absolute Gasteiger partial charge is 0.142 e. The maximum atomic E-state index is 10.2. The maximum Gasteiger partial charge on any atom is 0.142 e. The molecule has 0 fully saturated rings. The molecule has 0 radical (unpaired) electrons. The molecular weight excluding hydrogens is 342 g/mol. The molecule has 2 N–H and O–H groups in total. The second-order valence-electron chi connectivity index (χ2n) is 8.36. The van der Waals surface area contributed by atoms with Crippen molar-refractivity contribution in [2.24, 2.45) is 11.3 Å². The molecule has 1 atom stereocenters. The van der Waals surface area contributed by atoms with Gasteiger partial charge in [-0.1, -0.05) is 26.8 Å². The van der Waals surface area contributed by atoms with Crippen molar-refractivity contribution in [3.63, 3.8) is 0 Å². The van der Waals surface area contributed by atoms with Crippen LogP contribution >= 0.6 is 11.3 Å². The molecule has 1 aromatic carbocycles. The zero-order valence-corrected chi connectivity index (χ0v) is 16.6. The van der Waals surface area contributed by atoms with Crippen molar-refractivity contribution in [3.8, 4) is 5.75 Å². The van der Waals surface area contributed by atoms with Gasteiger partial charge in [0.1, 0.15) is 22.7 Å². The highest BCUT2D eigenvalue weighted by Gasteiger charge is 2.31. The summed E-state index contributed by atoms with van der Waals surface area (Å²) in [6.07, 6.45) is 5.00. The number of hydrogen-bond donors (Lipinski definition) is 2. The lowest BCUT2D eigenvalue weighted by Crippen LogP contribution is -2.26. The van der Waals surface area contributed by atoms with Crippen molar-refractivity contribution < 1.29 is 5.11 Å². The Hall–Kier alpha value is -2.14. The summed E-state index contributed by atoms with van der Waals surface area (Å²) in [4.78, 5) is 11.5. The first kappa shape index (κ1) is 17.3. The van der Waals surface area contributed by atoms with Crippen LogP contribution in [-0.2, 0) is 12.8 Å². The normalized spacial score (nSPS) is 17.3. The quantitative estimate of drug-likeness (QED) is 0.579. The number of nitrogens with zero attached hydrogens (tertiary/aromatic N) is 2. The van der Waals surface area contributed by atoms with Crippen LogP contribution < -0.4 is 5.32 Å². The Morgan fingerprint density at radius 1 is 1.23 bits per heavy atom. The van der Waals surface area contributed by atoms with Crippen molar-refractivity contribution in [3.05, 3.63) is 40.5 Å². The predicted molar refractivity (Wildman–Crippen MR) is 109 cm³/mol. The molecule has 5 heteroatoms. The Balaban J connectivity index is 1.76. The van der Waals surface area contributed by atoms with Gasteiger partial charge in [-0.25, -0.2) is 9.97 Å². The molecule has 0 saturated heterocycles. The van der Waals surface area contributed by atoms with E-state index in [1.165, 1.54) is 16.9 Å². The number of aromatic nitrogens is 2. The van der Waals surface area contributed by atoms with Gasteiger partial charge in [0.15, 0.2) is 0 Å². The number of rotatable bonds is 2. The Morgan fingerprint density at radius 3 is 2.81 bits per heavy atom. The number of phenolic OH excluding ortho intramolecular Hbond substituents is 1. The summed E-state index contributed by atoms with van der Waals surface area (Å²) in [5.41, 5.74) is 3.50. The minimum Gasteiger partial charge on any atom is -0.506 e. The summed E-state index contributed by atoms with van der Waals surface area (Å²) in [5.74, 6) is 1.73. The number of aromatic hydroxyl groups is 1. The van der Waals surface area contributed by atoms with Gasteiger partial charge in [-0.3, -0.25) is 0 Å². The topological polar surface area (TPSA) is 58.0 Å². The van der Waals surface area contributed by atoms with E-state index < -0.39 is 0 Å². The molecule has 4 rings (SSSR count). The Bertz CT molecular complexity index is 971. The van der Waals surface area contributed by atoms with E-state index in [1.807, 2.05) is 19.1 Å². The highest BCUT2D eigenvalue weighted by Crippen LogP contribution is 2.44. The lowest BCUT2D eigenvalue weighted by Gasteiger charge is -2.33. The van der Waals surface area contributed by atoms with Gasteiger partial charge in [0, 0.05) is 4.88 Å². The molecule has 0 amide bonds. The van der Waals surface area contributed by atoms with Crippen LogP contribution in [0.1, 0.15) is 43.2 Å². The van der Waals surface area contributed by atoms with E-state index >= 15 is 0 Å². The predicted octanol–water partition coefficient (Wildman–Crippen LogP) is 5.60. The average molecular weight is 368 g/mol. The van der Waals surface area contributed by atoms with E-state index in [1.54, 1.807) is 23.7 Å². The molecule has 1 unspecified atom stereocenters. The van der Waals surface area contributed by atoms with E-state index in [2.05, 4.69) is 36.1 Å². The molecule has 3 aromatic rings. The van der Waals surface area contributed by atoms with Crippen LogP contribution in [0.4, 0.5) is 11.5 Å². The van der Waals surface area contributed by atoms with Crippen molar-refractivity contribution in [1.29, 1.82) is 0 Å². The molecule has 0 spiro atoms. The number of hydrogen-bond acceptors (Lipinski definition) is 5. The first-order valence-electron chi connectivity index (χ1n) is 9.15. The van der Waals surface area contributed by atoms with Gasteiger partial charge < -0.3 is 10.4 Å². The fourth-order valence-corrected chi connectivity index (χ4v) is 5.09. The summed E-state index contributed by atoms with van der Waals surface area (Å²) < 4.78 is 0. The van der Waals surface area contributed by atoms with Gasteiger partial charge in [0.2, 0.25) is 0 Å². The molecule has 26 heavy (non-hydrogen) atoms. The summed E-state index contributed by atoms with van der Waals surface area (Å²) in [6, 6.07) is 5.56. The minimum absolute atomic E-state index is 0.235. The van der Waals surface area contributed by atoms with Crippen molar-refractivity contribution in [1.82, 2.24) is 9.97 Å². The third kappa shape index (κ3) is 3.05. The van der Waals surface area contributed by atoms with Crippen molar-refractivity contribution >= 4 is 33.1 Å². The van der Waals surface area contributed by atoms with Crippen LogP contribution in [0.15, 0.2) is 24.5 Å². The largest absolute Gasteiger partial charge is 0.506 e. The molecular formula is C21H25N3OS. The number of aryl methyl sites for hydroxylation is 2.